The van der Waals surface area contributed by atoms with Gasteiger partial charge in [0.2, 0.25) is 11.8 Å². The number of amides is 2. The summed E-state index contributed by atoms with van der Waals surface area (Å²) in [5.41, 5.74) is 0. The minimum Gasteiger partial charge on any atom is -0.353 e. The molecule has 1 saturated heterocycles. The van der Waals surface area contributed by atoms with Crippen LogP contribution in [0.1, 0.15) is 57.2 Å². The molecule has 0 bridgehead atoms. The van der Waals surface area contributed by atoms with Crippen molar-refractivity contribution < 1.29 is 9.59 Å². The maximum Gasteiger partial charge on any atom is 0.225 e. The van der Waals surface area contributed by atoms with Crippen LogP contribution in [0.2, 0.25) is 0 Å². The molecule has 0 unspecified atom stereocenters. The SMILES string of the molecule is Cc1nnc2n1[C@@H](CC(C)C)CN(C(=O)C[C@@H]1CCC(=O)N1)C2. The van der Waals surface area contributed by atoms with Gasteiger partial charge in [0, 0.05) is 25.4 Å². The van der Waals surface area contributed by atoms with E-state index < -0.39 is 0 Å². The first-order valence-electron chi connectivity index (χ1n) is 8.41. The molecule has 2 aliphatic rings. The van der Waals surface area contributed by atoms with Crippen molar-refractivity contribution in [1.82, 2.24) is 25.0 Å². The highest BCUT2D eigenvalue weighted by Gasteiger charge is 2.32. The van der Waals surface area contributed by atoms with Crippen molar-refractivity contribution in [1.29, 1.82) is 0 Å². The molecule has 1 aromatic rings. The maximum atomic E-state index is 12.6. The Kier molecular flexibility index (Phi) is 4.37. The van der Waals surface area contributed by atoms with E-state index in [4.69, 9.17) is 0 Å². The Morgan fingerprint density at radius 1 is 1.39 bits per heavy atom. The molecule has 7 heteroatoms. The van der Waals surface area contributed by atoms with Crippen molar-refractivity contribution in [3.63, 3.8) is 0 Å². The third-order valence-corrected chi connectivity index (χ3v) is 4.67. The summed E-state index contributed by atoms with van der Waals surface area (Å²) < 4.78 is 2.18. The molecule has 0 spiro atoms. The summed E-state index contributed by atoms with van der Waals surface area (Å²) in [6, 6.07) is 0.218. The van der Waals surface area contributed by atoms with Gasteiger partial charge in [-0.2, -0.15) is 0 Å². The van der Waals surface area contributed by atoms with E-state index in [1.807, 2.05) is 11.8 Å². The summed E-state index contributed by atoms with van der Waals surface area (Å²) in [5.74, 6) is 2.47. The van der Waals surface area contributed by atoms with Gasteiger partial charge in [0.25, 0.3) is 0 Å². The molecule has 126 valence electrons. The molecule has 2 aliphatic heterocycles. The number of carbonyl (C=O) groups is 2. The predicted octanol–water partition coefficient (Wildman–Crippen LogP) is 1.18. The fraction of sp³-hybridized carbons (Fsp3) is 0.750. The number of fused-ring (bicyclic) bond motifs is 1. The molecule has 1 aromatic heterocycles. The Labute approximate surface area is 136 Å². The fourth-order valence-corrected chi connectivity index (χ4v) is 3.65. The van der Waals surface area contributed by atoms with E-state index in [0.29, 0.717) is 31.8 Å². The largest absolute Gasteiger partial charge is 0.353 e. The first kappa shape index (κ1) is 16.0. The molecule has 1 fully saturated rings. The standard InChI is InChI=1S/C16H25N5O2/c1-10(2)6-13-8-20(9-14-19-18-11(3)21(13)14)16(23)7-12-4-5-15(22)17-12/h10,12-13H,4-9H2,1-3H3,(H,17,22)/t12-,13-/m0/s1. The lowest BCUT2D eigenvalue weighted by Crippen LogP contribution is -2.43. The molecule has 0 radical (unpaired) electrons. The van der Waals surface area contributed by atoms with Gasteiger partial charge in [-0.25, -0.2) is 0 Å². The Morgan fingerprint density at radius 2 is 2.17 bits per heavy atom. The molecular formula is C16H25N5O2. The quantitative estimate of drug-likeness (QED) is 0.904. The van der Waals surface area contributed by atoms with Crippen LogP contribution < -0.4 is 5.32 Å². The molecule has 3 rings (SSSR count). The maximum absolute atomic E-state index is 12.6. The van der Waals surface area contributed by atoms with Gasteiger partial charge in [-0.1, -0.05) is 13.8 Å². The number of rotatable bonds is 4. The Bertz CT molecular complexity index is 610. The lowest BCUT2D eigenvalue weighted by Gasteiger charge is -2.35. The zero-order valence-electron chi connectivity index (χ0n) is 14.1. The Balaban J connectivity index is 1.71. The predicted molar refractivity (Wildman–Crippen MR) is 84.4 cm³/mol. The van der Waals surface area contributed by atoms with Gasteiger partial charge in [0.15, 0.2) is 5.82 Å². The van der Waals surface area contributed by atoms with Crippen molar-refractivity contribution in [2.75, 3.05) is 6.54 Å². The third-order valence-electron chi connectivity index (χ3n) is 4.67. The number of carbonyl (C=O) groups excluding carboxylic acids is 2. The highest BCUT2D eigenvalue weighted by molar-refractivity contribution is 5.82. The molecule has 2 atom stereocenters. The van der Waals surface area contributed by atoms with Crippen LogP contribution in [0.4, 0.5) is 0 Å². The summed E-state index contributed by atoms with van der Waals surface area (Å²) in [6.07, 6.45) is 2.66. The van der Waals surface area contributed by atoms with Gasteiger partial charge >= 0.3 is 0 Å². The summed E-state index contributed by atoms with van der Waals surface area (Å²) in [5, 5.41) is 11.3. The van der Waals surface area contributed by atoms with E-state index in [0.717, 1.165) is 24.5 Å². The van der Waals surface area contributed by atoms with Crippen LogP contribution in [0.3, 0.4) is 0 Å². The van der Waals surface area contributed by atoms with E-state index in [2.05, 4.69) is 33.9 Å². The van der Waals surface area contributed by atoms with Gasteiger partial charge in [-0.3, -0.25) is 9.59 Å². The van der Waals surface area contributed by atoms with Crippen molar-refractivity contribution in [3.05, 3.63) is 11.6 Å². The molecule has 0 saturated carbocycles. The number of nitrogens with one attached hydrogen (secondary N) is 1. The zero-order valence-corrected chi connectivity index (χ0v) is 14.1. The first-order chi connectivity index (χ1) is 10.9. The fourth-order valence-electron chi connectivity index (χ4n) is 3.65. The number of aromatic nitrogens is 3. The van der Waals surface area contributed by atoms with Crippen LogP contribution in [0, 0.1) is 12.8 Å². The summed E-state index contributed by atoms with van der Waals surface area (Å²) in [4.78, 5) is 25.8. The highest BCUT2D eigenvalue weighted by Crippen LogP contribution is 2.27. The second kappa shape index (κ2) is 6.29. The van der Waals surface area contributed by atoms with Gasteiger partial charge in [0.05, 0.1) is 12.6 Å². The van der Waals surface area contributed by atoms with E-state index in [1.54, 1.807) is 0 Å². The molecule has 1 N–H and O–H groups in total. The van der Waals surface area contributed by atoms with E-state index >= 15 is 0 Å². The molecule has 0 aromatic carbocycles. The Hall–Kier alpha value is -1.92. The lowest BCUT2D eigenvalue weighted by molar-refractivity contribution is -0.134. The smallest absolute Gasteiger partial charge is 0.225 e. The average molecular weight is 319 g/mol. The minimum absolute atomic E-state index is 0.0138. The molecule has 2 amide bonds. The monoisotopic (exact) mass is 319 g/mol. The normalized spacial score (nSPS) is 24.0. The lowest BCUT2D eigenvalue weighted by atomic mass is 10.0. The van der Waals surface area contributed by atoms with E-state index in [-0.39, 0.29) is 23.9 Å². The second-order valence-corrected chi connectivity index (χ2v) is 7.10. The molecule has 23 heavy (non-hydrogen) atoms. The average Bonchev–Trinajstić information content (AvgIpc) is 3.05. The molecular weight excluding hydrogens is 294 g/mol. The third kappa shape index (κ3) is 3.38. The van der Waals surface area contributed by atoms with Crippen LogP contribution >= 0.6 is 0 Å². The Morgan fingerprint density at radius 3 is 2.83 bits per heavy atom. The first-order valence-corrected chi connectivity index (χ1v) is 8.41. The number of nitrogens with zero attached hydrogens (tertiary/aromatic N) is 4. The van der Waals surface area contributed by atoms with Crippen molar-refractivity contribution in [3.8, 4) is 0 Å². The van der Waals surface area contributed by atoms with Crippen LogP contribution in [0.5, 0.6) is 0 Å². The summed E-state index contributed by atoms with van der Waals surface area (Å²) >= 11 is 0. The van der Waals surface area contributed by atoms with Gasteiger partial charge in [-0.15, -0.1) is 10.2 Å². The van der Waals surface area contributed by atoms with Crippen molar-refractivity contribution in [2.24, 2.45) is 5.92 Å². The van der Waals surface area contributed by atoms with Gasteiger partial charge in [0.1, 0.15) is 5.82 Å². The topological polar surface area (TPSA) is 80.1 Å². The van der Waals surface area contributed by atoms with Gasteiger partial charge < -0.3 is 14.8 Å². The van der Waals surface area contributed by atoms with Crippen molar-refractivity contribution >= 4 is 11.8 Å². The minimum atomic E-state index is -0.0138. The van der Waals surface area contributed by atoms with E-state index in [9.17, 15) is 9.59 Å². The molecule has 7 nitrogen and oxygen atoms in total. The van der Waals surface area contributed by atoms with Crippen molar-refractivity contribution in [2.45, 2.75) is 65.1 Å². The van der Waals surface area contributed by atoms with Crippen LogP contribution in [0.25, 0.3) is 0 Å². The molecule has 0 aliphatic carbocycles. The summed E-state index contributed by atoms with van der Waals surface area (Å²) in [7, 11) is 0. The van der Waals surface area contributed by atoms with Crippen LogP contribution in [-0.2, 0) is 16.1 Å². The number of hydrogen-bond acceptors (Lipinski definition) is 4. The van der Waals surface area contributed by atoms with Crippen LogP contribution in [0.15, 0.2) is 0 Å². The number of aryl methyl sites for hydroxylation is 1. The number of hydrogen-bond donors (Lipinski definition) is 1. The van der Waals surface area contributed by atoms with E-state index in [1.165, 1.54) is 0 Å². The zero-order chi connectivity index (χ0) is 16.6. The molecule has 3 heterocycles. The summed E-state index contributed by atoms with van der Waals surface area (Å²) in [6.45, 7) is 7.55. The highest BCUT2D eigenvalue weighted by atomic mass is 16.2. The van der Waals surface area contributed by atoms with Gasteiger partial charge in [-0.05, 0) is 25.7 Å². The van der Waals surface area contributed by atoms with Crippen LogP contribution in [-0.4, -0.2) is 44.1 Å². The second-order valence-electron chi connectivity index (χ2n) is 7.10.